The van der Waals surface area contributed by atoms with Gasteiger partial charge in [0.15, 0.2) is 0 Å². The molecule has 0 spiro atoms. The van der Waals surface area contributed by atoms with E-state index in [1.807, 2.05) is 0 Å². The van der Waals surface area contributed by atoms with E-state index in [9.17, 15) is 9.59 Å². The molecule has 0 unspecified atom stereocenters. The fourth-order valence-electron chi connectivity index (χ4n) is 3.10. The van der Waals surface area contributed by atoms with E-state index in [1.54, 1.807) is 66.7 Å². The lowest BCUT2D eigenvalue weighted by molar-refractivity contribution is 0.516. The number of aromatic nitrogens is 2. The van der Waals surface area contributed by atoms with Gasteiger partial charge in [-0.3, -0.25) is 0 Å². The molecule has 0 fully saturated rings. The Kier molecular flexibility index (Phi) is 4.00. The molecule has 2 heterocycles. The molecule has 0 saturated heterocycles. The summed E-state index contributed by atoms with van der Waals surface area (Å²) in [6.07, 6.45) is 0. The van der Waals surface area contributed by atoms with Crippen LogP contribution in [-0.4, -0.2) is 9.97 Å². The molecule has 0 radical (unpaired) electrons. The van der Waals surface area contributed by atoms with Crippen molar-refractivity contribution in [2.75, 3.05) is 0 Å². The number of nitrogens with zero attached hydrogens (tertiary/aromatic N) is 2. The van der Waals surface area contributed by atoms with E-state index in [2.05, 4.69) is 9.97 Å². The molecular formula is C22H11ClN2O4. The van der Waals surface area contributed by atoms with Crippen LogP contribution in [-0.2, 0) is 0 Å². The molecule has 6 nitrogen and oxygen atoms in total. The molecule has 3 aromatic carbocycles. The maximum Gasteiger partial charge on any atom is 0.347 e. The van der Waals surface area contributed by atoms with Crippen molar-refractivity contribution in [1.29, 1.82) is 0 Å². The van der Waals surface area contributed by atoms with Gasteiger partial charge in [0, 0.05) is 5.56 Å². The summed E-state index contributed by atoms with van der Waals surface area (Å²) < 4.78 is 10.7. The van der Waals surface area contributed by atoms with Crippen molar-refractivity contribution in [3.8, 4) is 22.9 Å². The first-order valence-electron chi connectivity index (χ1n) is 8.70. The van der Waals surface area contributed by atoms with E-state index in [1.165, 1.54) is 0 Å². The standard InChI is InChI=1S/C22H11ClN2O4/c23-16-11-12(19-24-17-7-3-1-5-14(17)21(26)28-19)9-10-13(16)20-25-18-8-4-2-6-15(18)22(27)29-20/h1-11H. The zero-order valence-electron chi connectivity index (χ0n) is 14.8. The van der Waals surface area contributed by atoms with E-state index >= 15 is 0 Å². The maximum absolute atomic E-state index is 12.2. The van der Waals surface area contributed by atoms with Crippen molar-refractivity contribution in [3.05, 3.63) is 92.6 Å². The van der Waals surface area contributed by atoms with Crippen LogP contribution in [0.5, 0.6) is 0 Å². The first-order chi connectivity index (χ1) is 14.1. The molecule has 0 aliphatic heterocycles. The second-order valence-electron chi connectivity index (χ2n) is 6.34. The van der Waals surface area contributed by atoms with E-state index in [0.717, 1.165) is 0 Å². The van der Waals surface area contributed by atoms with Crippen molar-refractivity contribution in [1.82, 2.24) is 9.97 Å². The van der Waals surface area contributed by atoms with Crippen LogP contribution in [0.2, 0.25) is 5.02 Å². The molecule has 0 atom stereocenters. The van der Waals surface area contributed by atoms with E-state index in [0.29, 0.717) is 32.9 Å². The third kappa shape index (κ3) is 2.99. The molecule has 5 aromatic rings. The van der Waals surface area contributed by atoms with Crippen molar-refractivity contribution in [2.24, 2.45) is 0 Å². The highest BCUT2D eigenvalue weighted by atomic mass is 35.5. The highest BCUT2D eigenvalue weighted by Crippen LogP contribution is 2.31. The number of halogens is 1. The molecule has 0 bridgehead atoms. The summed E-state index contributed by atoms with van der Waals surface area (Å²) in [5, 5.41) is 1.08. The molecule has 0 amide bonds. The lowest BCUT2D eigenvalue weighted by Gasteiger charge is -2.06. The van der Waals surface area contributed by atoms with Crippen LogP contribution < -0.4 is 11.3 Å². The Morgan fingerprint density at radius 3 is 1.86 bits per heavy atom. The molecule has 0 saturated carbocycles. The topological polar surface area (TPSA) is 86.2 Å². The van der Waals surface area contributed by atoms with Crippen LogP contribution in [0.25, 0.3) is 44.7 Å². The molecule has 7 heteroatoms. The minimum Gasteiger partial charge on any atom is -0.403 e. The SMILES string of the molecule is O=c1oc(-c2ccc(-c3nc4ccccc4c(=O)o3)c(Cl)c2)nc2ccccc12. The monoisotopic (exact) mass is 402 g/mol. The molecule has 0 N–H and O–H groups in total. The summed E-state index contributed by atoms with van der Waals surface area (Å²) in [6.45, 7) is 0. The van der Waals surface area contributed by atoms with Gasteiger partial charge in [-0.2, -0.15) is 0 Å². The zero-order chi connectivity index (χ0) is 20.0. The van der Waals surface area contributed by atoms with Gasteiger partial charge < -0.3 is 8.83 Å². The van der Waals surface area contributed by atoms with Gasteiger partial charge >= 0.3 is 11.3 Å². The number of para-hydroxylation sites is 2. The lowest BCUT2D eigenvalue weighted by atomic mass is 10.1. The van der Waals surface area contributed by atoms with Gasteiger partial charge in [-0.05, 0) is 42.5 Å². The van der Waals surface area contributed by atoms with Crippen LogP contribution in [0.15, 0.2) is 85.2 Å². The summed E-state index contributed by atoms with van der Waals surface area (Å²) in [5.74, 6) is 0.258. The lowest BCUT2D eigenvalue weighted by Crippen LogP contribution is -2.03. The van der Waals surface area contributed by atoms with Crippen LogP contribution in [0.3, 0.4) is 0 Å². The summed E-state index contributed by atoms with van der Waals surface area (Å²) in [7, 11) is 0. The van der Waals surface area contributed by atoms with E-state index in [-0.39, 0.29) is 16.8 Å². The molecule has 5 rings (SSSR count). The Morgan fingerprint density at radius 1 is 0.690 bits per heavy atom. The minimum atomic E-state index is -0.493. The average Bonchev–Trinajstić information content (AvgIpc) is 2.73. The van der Waals surface area contributed by atoms with Crippen molar-refractivity contribution >= 4 is 33.4 Å². The van der Waals surface area contributed by atoms with Gasteiger partial charge in [0.05, 0.1) is 32.4 Å². The largest absolute Gasteiger partial charge is 0.403 e. The highest BCUT2D eigenvalue weighted by Gasteiger charge is 2.15. The molecule has 0 aliphatic carbocycles. The van der Waals surface area contributed by atoms with Crippen LogP contribution in [0.1, 0.15) is 0 Å². The number of rotatable bonds is 2. The van der Waals surface area contributed by atoms with Gasteiger partial charge in [-0.25, -0.2) is 19.6 Å². The third-order valence-electron chi connectivity index (χ3n) is 4.52. The predicted octanol–water partition coefficient (Wildman–Crippen LogP) is 4.68. The van der Waals surface area contributed by atoms with Crippen LogP contribution in [0, 0.1) is 0 Å². The summed E-state index contributed by atoms with van der Waals surface area (Å²) in [5.41, 5.74) is 1.04. The Morgan fingerprint density at radius 2 is 1.24 bits per heavy atom. The third-order valence-corrected chi connectivity index (χ3v) is 4.83. The van der Waals surface area contributed by atoms with Crippen molar-refractivity contribution in [2.45, 2.75) is 0 Å². The minimum absolute atomic E-state index is 0.109. The summed E-state index contributed by atoms with van der Waals surface area (Å²) in [6, 6.07) is 18.8. The van der Waals surface area contributed by atoms with E-state index < -0.39 is 11.3 Å². The average molecular weight is 403 g/mol. The van der Waals surface area contributed by atoms with Crippen LogP contribution in [0.4, 0.5) is 0 Å². The number of benzene rings is 3. The van der Waals surface area contributed by atoms with Crippen LogP contribution >= 0.6 is 11.6 Å². The van der Waals surface area contributed by atoms with Gasteiger partial charge in [0.25, 0.3) is 0 Å². The smallest absolute Gasteiger partial charge is 0.347 e. The summed E-state index contributed by atoms with van der Waals surface area (Å²) >= 11 is 6.43. The Hall–Kier alpha value is -3.77. The van der Waals surface area contributed by atoms with Gasteiger partial charge in [-0.1, -0.05) is 35.9 Å². The Balaban J connectivity index is 1.63. The normalized spacial score (nSPS) is 11.2. The van der Waals surface area contributed by atoms with Crippen molar-refractivity contribution < 1.29 is 8.83 Å². The maximum atomic E-state index is 12.2. The molecular weight excluding hydrogens is 392 g/mol. The molecule has 29 heavy (non-hydrogen) atoms. The van der Waals surface area contributed by atoms with Crippen molar-refractivity contribution in [3.63, 3.8) is 0 Å². The Labute approximate surface area is 168 Å². The summed E-state index contributed by atoms with van der Waals surface area (Å²) in [4.78, 5) is 33.2. The van der Waals surface area contributed by atoms with Gasteiger partial charge in [0.1, 0.15) is 0 Å². The first kappa shape index (κ1) is 17.3. The molecule has 0 aliphatic rings. The highest BCUT2D eigenvalue weighted by molar-refractivity contribution is 6.33. The quantitative estimate of drug-likeness (QED) is 0.426. The van der Waals surface area contributed by atoms with E-state index in [4.69, 9.17) is 20.4 Å². The number of hydrogen-bond donors (Lipinski definition) is 0. The fourth-order valence-corrected chi connectivity index (χ4v) is 3.36. The molecule has 2 aromatic heterocycles. The van der Waals surface area contributed by atoms with Gasteiger partial charge in [-0.15, -0.1) is 0 Å². The predicted molar refractivity (Wildman–Crippen MR) is 110 cm³/mol. The second kappa shape index (κ2) is 6.68. The second-order valence-corrected chi connectivity index (χ2v) is 6.75. The zero-order valence-corrected chi connectivity index (χ0v) is 15.5. The molecule has 140 valence electrons. The fraction of sp³-hybridized carbons (Fsp3) is 0. The van der Waals surface area contributed by atoms with Gasteiger partial charge in [0.2, 0.25) is 11.8 Å². The number of hydrogen-bond acceptors (Lipinski definition) is 6. The number of fused-ring (bicyclic) bond motifs is 2. The first-order valence-corrected chi connectivity index (χ1v) is 9.08. The Bertz CT molecular complexity index is 1520.